The Morgan fingerprint density at radius 3 is 1.38 bits per heavy atom. The summed E-state index contributed by atoms with van der Waals surface area (Å²) in [5.74, 6) is 0. The van der Waals surface area contributed by atoms with Crippen molar-refractivity contribution in [2.45, 2.75) is 145 Å². The molecule has 0 aliphatic heterocycles. The Balaban J connectivity index is 1.75. The van der Waals surface area contributed by atoms with Gasteiger partial charge in [-0.2, -0.15) is 0 Å². The van der Waals surface area contributed by atoms with E-state index in [9.17, 15) is 0 Å². The first-order valence-corrected chi connectivity index (χ1v) is 32.4. The molecule has 0 aliphatic carbocycles. The van der Waals surface area contributed by atoms with Crippen molar-refractivity contribution in [3.63, 3.8) is 0 Å². The standard InChI is InChI=1S/C27H33S4Si.3C4H9.Sn/c1-6-8-11-19-17-23(30-26(19)21-13-10-16-28-21)24-18-20(12-9-7-2)27(31-24)22-14-15-25(29-22)32(3,4)5;3*1-3-4-2;/h10,13-15,17-18H,6-9,11-12H2,1-5H3;3*1,3-4H2,2H3;. The van der Waals surface area contributed by atoms with Crippen LogP contribution in [0.5, 0.6) is 0 Å². The third kappa shape index (κ3) is 9.71. The van der Waals surface area contributed by atoms with E-state index in [2.05, 4.69) is 136 Å². The molecule has 6 heteroatoms. The van der Waals surface area contributed by atoms with E-state index >= 15 is 0 Å². The summed E-state index contributed by atoms with van der Waals surface area (Å²) in [7, 11) is -1.30. The second-order valence-electron chi connectivity index (χ2n) is 14.3. The zero-order valence-electron chi connectivity index (χ0n) is 29.7. The van der Waals surface area contributed by atoms with Gasteiger partial charge in [-0.15, -0.1) is 0 Å². The van der Waals surface area contributed by atoms with Gasteiger partial charge in [-0.3, -0.25) is 0 Å². The molecular weight excluding hydrogens is 743 g/mol. The van der Waals surface area contributed by atoms with Crippen molar-refractivity contribution in [1.82, 2.24) is 0 Å². The van der Waals surface area contributed by atoms with Gasteiger partial charge < -0.3 is 0 Å². The molecular formula is C39H60S4SiSn. The fraction of sp³-hybridized carbons (Fsp3) is 0.590. The molecule has 0 N–H and O–H groups in total. The zero-order valence-corrected chi connectivity index (χ0v) is 36.8. The summed E-state index contributed by atoms with van der Waals surface area (Å²) in [5.41, 5.74) is 3.18. The first-order chi connectivity index (χ1) is 21.7. The van der Waals surface area contributed by atoms with Crippen molar-refractivity contribution in [1.29, 1.82) is 0 Å². The van der Waals surface area contributed by atoms with E-state index in [1.54, 1.807) is 38.7 Å². The van der Waals surface area contributed by atoms with Crippen LogP contribution in [0.15, 0.2) is 36.4 Å². The Labute approximate surface area is 298 Å². The molecule has 0 aromatic carbocycles. The van der Waals surface area contributed by atoms with E-state index in [0.717, 1.165) is 0 Å². The monoisotopic (exact) mass is 804 g/mol. The van der Waals surface area contributed by atoms with Crippen molar-refractivity contribution in [3.8, 4) is 29.3 Å². The van der Waals surface area contributed by atoms with Gasteiger partial charge in [0.05, 0.1) is 8.07 Å². The predicted molar refractivity (Wildman–Crippen MR) is 219 cm³/mol. The topological polar surface area (TPSA) is 0 Å². The molecule has 0 nitrogen and oxygen atoms in total. The summed E-state index contributed by atoms with van der Waals surface area (Å²) in [6.45, 7) is 19.3. The van der Waals surface area contributed by atoms with Crippen LogP contribution in [0.2, 0.25) is 33.0 Å². The van der Waals surface area contributed by atoms with Crippen LogP contribution in [-0.2, 0) is 12.8 Å². The third-order valence-corrected chi connectivity index (χ3v) is 36.4. The molecule has 4 aromatic rings. The van der Waals surface area contributed by atoms with Crippen LogP contribution in [0.3, 0.4) is 0 Å². The Morgan fingerprint density at radius 1 is 0.511 bits per heavy atom. The molecule has 4 rings (SSSR count). The summed E-state index contributed by atoms with van der Waals surface area (Å²) >= 11 is 6.04. The van der Waals surface area contributed by atoms with Gasteiger partial charge >= 0.3 is 266 Å². The fourth-order valence-electron chi connectivity index (χ4n) is 6.52. The molecule has 0 aliphatic rings. The predicted octanol–water partition coefficient (Wildman–Crippen LogP) is 14.2. The quantitative estimate of drug-likeness (QED) is 0.0781. The molecule has 45 heavy (non-hydrogen) atoms. The Bertz CT molecular complexity index is 1420. The van der Waals surface area contributed by atoms with Crippen LogP contribution in [0, 0.1) is 0 Å². The molecule has 0 saturated carbocycles. The third-order valence-electron chi connectivity index (χ3n) is 9.41. The van der Waals surface area contributed by atoms with E-state index in [4.69, 9.17) is 0 Å². The van der Waals surface area contributed by atoms with Gasteiger partial charge in [0.25, 0.3) is 0 Å². The summed E-state index contributed by atoms with van der Waals surface area (Å²) in [5, 5.41) is 0. The maximum absolute atomic E-state index is 2.64. The van der Waals surface area contributed by atoms with Gasteiger partial charge in [-0.05, 0) is 0 Å². The van der Waals surface area contributed by atoms with E-state index in [1.165, 1.54) is 96.6 Å². The Morgan fingerprint density at radius 2 is 0.956 bits per heavy atom. The molecule has 0 saturated heterocycles. The van der Waals surface area contributed by atoms with Gasteiger partial charge in [0, 0.05) is 0 Å². The number of hydrogen-bond acceptors (Lipinski definition) is 4. The number of aryl methyl sites for hydroxylation is 2. The average molecular weight is 804 g/mol. The second kappa shape index (κ2) is 18.0. The molecule has 248 valence electrons. The van der Waals surface area contributed by atoms with Gasteiger partial charge in [-0.25, -0.2) is 0 Å². The first kappa shape index (κ1) is 37.6. The van der Waals surface area contributed by atoms with Gasteiger partial charge in [0.2, 0.25) is 0 Å². The van der Waals surface area contributed by atoms with Crippen LogP contribution >= 0.6 is 45.3 Å². The number of unbranched alkanes of at least 4 members (excludes halogenated alkanes) is 5. The Hall–Kier alpha value is -0.184. The fourth-order valence-corrected chi connectivity index (χ4v) is 32.3. The van der Waals surface area contributed by atoms with Crippen LogP contribution in [0.4, 0.5) is 0 Å². The van der Waals surface area contributed by atoms with Gasteiger partial charge in [-0.1, -0.05) is 26.6 Å². The van der Waals surface area contributed by atoms with Crippen LogP contribution in [-0.4, -0.2) is 26.5 Å². The van der Waals surface area contributed by atoms with Crippen molar-refractivity contribution in [2.24, 2.45) is 0 Å². The molecule has 0 atom stereocenters. The van der Waals surface area contributed by atoms with E-state index in [-0.39, 0.29) is 0 Å². The first-order valence-electron chi connectivity index (χ1n) is 18.2. The zero-order chi connectivity index (χ0) is 32.5. The minimum absolute atomic E-state index is 1.19. The maximum atomic E-state index is 2.64. The summed E-state index contributed by atoms with van der Waals surface area (Å²) in [6.07, 6.45) is 15.8. The molecule has 0 bridgehead atoms. The van der Waals surface area contributed by atoms with E-state index in [1.807, 2.05) is 2.89 Å². The normalized spacial score (nSPS) is 12.4. The molecule has 0 amide bonds. The van der Waals surface area contributed by atoms with Gasteiger partial charge in [0.1, 0.15) is 0 Å². The van der Waals surface area contributed by atoms with E-state index in [0.29, 0.717) is 0 Å². The number of thiophene rings is 4. The molecule has 0 fully saturated rings. The van der Waals surface area contributed by atoms with Crippen molar-refractivity contribution in [2.75, 3.05) is 0 Å². The molecule has 0 unspecified atom stereocenters. The van der Waals surface area contributed by atoms with E-state index < -0.39 is 26.5 Å². The second-order valence-corrected chi connectivity index (χ2v) is 38.1. The number of rotatable bonds is 20. The van der Waals surface area contributed by atoms with Crippen molar-refractivity contribution < 1.29 is 0 Å². The molecule has 0 radical (unpaired) electrons. The molecule has 4 aromatic heterocycles. The molecule has 4 heterocycles. The van der Waals surface area contributed by atoms with Crippen molar-refractivity contribution in [3.05, 3.63) is 47.5 Å². The average Bonchev–Trinajstić information content (AvgIpc) is 3.83. The Kier molecular flexibility index (Phi) is 15.0. The van der Waals surface area contributed by atoms with Crippen molar-refractivity contribution >= 4 is 79.2 Å². The SMILES string of the molecule is CCCCc1cc(-c2cc(CCCC)c(-c3cc[c]([Sn]([CH2]CCC)([CH2]CCC)[CH2]CCC)s3)s2)sc1-c1ccc([Si](C)(C)C)s1. The number of hydrogen-bond donors (Lipinski definition) is 0. The van der Waals surface area contributed by atoms with Crippen LogP contribution < -0.4 is 7.39 Å². The molecule has 0 spiro atoms. The summed E-state index contributed by atoms with van der Waals surface area (Å²) in [6, 6.07) is 15.2. The van der Waals surface area contributed by atoms with Crippen LogP contribution in [0.25, 0.3) is 29.3 Å². The van der Waals surface area contributed by atoms with Crippen LogP contribution in [0.1, 0.15) is 110 Å². The minimum atomic E-state index is -2.43. The summed E-state index contributed by atoms with van der Waals surface area (Å²) in [4.78, 5) is 9.18. The summed E-state index contributed by atoms with van der Waals surface area (Å²) < 4.78 is 8.18. The van der Waals surface area contributed by atoms with Gasteiger partial charge in [0.15, 0.2) is 0 Å².